The predicted molar refractivity (Wildman–Crippen MR) is 82.5 cm³/mol. The average molecular weight is 298 g/mol. The first-order valence-electron chi connectivity index (χ1n) is 7.20. The molecule has 0 atom stereocenters. The minimum atomic E-state index is 0.152. The van der Waals surface area contributed by atoms with Crippen LogP contribution in [0.25, 0.3) is 0 Å². The van der Waals surface area contributed by atoms with Gasteiger partial charge < -0.3 is 10.1 Å². The molecule has 1 heterocycles. The lowest BCUT2D eigenvalue weighted by Crippen LogP contribution is -2.25. The molecule has 1 N–H and O–H groups in total. The van der Waals surface area contributed by atoms with Crippen LogP contribution in [-0.4, -0.2) is 30.2 Å². The largest absolute Gasteiger partial charge is 0.385 e. The molecule has 2 rings (SSSR count). The van der Waals surface area contributed by atoms with E-state index in [1.807, 2.05) is 6.92 Å². The maximum atomic E-state index is 6.21. The highest BCUT2D eigenvalue weighted by Crippen LogP contribution is 2.39. The molecule has 1 saturated carbocycles. The standard InChI is InChI=1S/C15H24ClN3O/c1-10-12(16)18-14(11-5-6-11)19-13(10)17-9-15(2,3)7-8-20-4/h11H,5-9H2,1-4H3,(H,17,18,19). The number of aromatic nitrogens is 2. The summed E-state index contributed by atoms with van der Waals surface area (Å²) in [5.74, 6) is 2.27. The molecular formula is C15H24ClN3O. The first-order chi connectivity index (χ1) is 9.43. The average Bonchev–Trinajstić information content (AvgIpc) is 3.22. The summed E-state index contributed by atoms with van der Waals surface area (Å²) < 4.78 is 5.16. The fraction of sp³-hybridized carbons (Fsp3) is 0.733. The topological polar surface area (TPSA) is 47.0 Å². The molecule has 4 nitrogen and oxygen atoms in total. The summed E-state index contributed by atoms with van der Waals surface area (Å²) in [5, 5.41) is 4.00. The molecule has 20 heavy (non-hydrogen) atoms. The van der Waals surface area contributed by atoms with Crippen molar-refractivity contribution >= 4 is 17.4 Å². The maximum absolute atomic E-state index is 6.21. The van der Waals surface area contributed by atoms with E-state index in [4.69, 9.17) is 16.3 Å². The Morgan fingerprint density at radius 2 is 2.05 bits per heavy atom. The number of anilines is 1. The number of nitrogens with zero attached hydrogens (tertiary/aromatic N) is 2. The highest BCUT2D eigenvalue weighted by Gasteiger charge is 2.28. The number of halogens is 1. The van der Waals surface area contributed by atoms with Gasteiger partial charge in [0, 0.05) is 31.7 Å². The third-order valence-corrected chi connectivity index (χ3v) is 4.13. The van der Waals surface area contributed by atoms with E-state index in [1.165, 1.54) is 12.8 Å². The van der Waals surface area contributed by atoms with Gasteiger partial charge in [0.15, 0.2) is 0 Å². The van der Waals surface area contributed by atoms with E-state index < -0.39 is 0 Å². The third-order valence-electron chi connectivity index (χ3n) is 3.76. The number of ether oxygens (including phenoxy) is 1. The Balaban J connectivity index is 2.04. The second-order valence-electron chi connectivity index (χ2n) is 6.38. The van der Waals surface area contributed by atoms with Gasteiger partial charge in [-0.2, -0.15) is 0 Å². The monoisotopic (exact) mass is 297 g/mol. The highest BCUT2D eigenvalue weighted by atomic mass is 35.5. The van der Waals surface area contributed by atoms with Gasteiger partial charge in [0.05, 0.1) is 0 Å². The van der Waals surface area contributed by atoms with Crippen LogP contribution in [0.2, 0.25) is 5.15 Å². The van der Waals surface area contributed by atoms with Crippen molar-refractivity contribution in [1.82, 2.24) is 9.97 Å². The Bertz CT molecular complexity index is 472. The Morgan fingerprint density at radius 3 is 2.65 bits per heavy atom. The summed E-state index contributed by atoms with van der Waals surface area (Å²) >= 11 is 6.21. The molecule has 1 aliphatic carbocycles. The molecule has 1 aliphatic rings. The van der Waals surface area contributed by atoms with Crippen LogP contribution in [0, 0.1) is 12.3 Å². The molecule has 0 saturated heterocycles. The molecule has 0 bridgehead atoms. The Morgan fingerprint density at radius 1 is 1.35 bits per heavy atom. The summed E-state index contributed by atoms with van der Waals surface area (Å²) in [4.78, 5) is 9.02. The van der Waals surface area contributed by atoms with Crippen LogP contribution in [0.4, 0.5) is 5.82 Å². The van der Waals surface area contributed by atoms with Crippen LogP contribution in [0.3, 0.4) is 0 Å². The normalized spacial score (nSPS) is 15.4. The molecule has 0 amide bonds. The maximum Gasteiger partial charge on any atom is 0.137 e. The summed E-state index contributed by atoms with van der Waals surface area (Å²) in [6, 6.07) is 0. The number of nitrogens with one attached hydrogen (secondary N) is 1. The van der Waals surface area contributed by atoms with Gasteiger partial charge in [0.1, 0.15) is 16.8 Å². The van der Waals surface area contributed by atoms with Crippen molar-refractivity contribution in [2.75, 3.05) is 25.6 Å². The van der Waals surface area contributed by atoms with E-state index in [9.17, 15) is 0 Å². The predicted octanol–water partition coefficient (Wildman–Crippen LogP) is 3.79. The van der Waals surface area contributed by atoms with Gasteiger partial charge in [0.25, 0.3) is 0 Å². The van der Waals surface area contributed by atoms with E-state index in [0.717, 1.165) is 36.8 Å². The minimum absolute atomic E-state index is 0.152. The summed E-state index contributed by atoms with van der Waals surface area (Å²) in [6.07, 6.45) is 3.36. The SMILES string of the molecule is COCCC(C)(C)CNc1nc(C2CC2)nc(Cl)c1C. The molecule has 0 unspecified atom stereocenters. The molecule has 5 heteroatoms. The number of rotatable bonds is 7. The zero-order valence-corrected chi connectivity index (χ0v) is 13.5. The smallest absolute Gasteiger partial charge is 0.137 e. The molecule has 0 aliphatic heterocycles. The molecule has 112 valence electrons. The van der Waals surface area contributed by atoms with E-state index in [1.54, 1.807) is 7.11 Å². The molecule has 0 spiro atoms. The van der Waals surface area contributed by atoms with Crippen molar-refractivity contribution in [2.24, 2.45) is 5.41 Å². The van der Waals surface area contributed by atoms with Gasteiger partial charge in [-0.25, -0.2) is 9.97 Å². The Hall–Kier alpha value is -0.870. The van der Waals surface area contributed by atoms with Gasteiger partial charge in [0.2, 0.25) is 0 Å². The van der Waals surface area contributed by atoms with Gasteiger partial charge in [-0.05, 0) is 31.6 Å². The van der Waals surface area contributed by atoms with Gasteiger partial charge in [-0.1, -0.05) is 25.4 Å². The zero-order chi connectivity index (χ0) is 14.8. The van der Waals surface area contributed by atoms with Gasteiger partial charge in [-0.3, -0.25) is 0 Å². The van der Waals surface area contributed by atoms with E-state index in [2.05, 4.69) is 29.1 Å². The van der Waals surface area contributed by atoms with Gasteiger partial charge in [-0.15, -0.1) is 0 Å². The quantitative estimate of drug-likeness (QED) is 0.778. The number of hydrogen-bond donors (Lipinski definition) is 1. The second kappa shape index (κ2) is 6.27. The minimum Gasteiger partial charge on any atom is -0.385 e. The van der Waals surface area contributed by atoms with Crippen molar-refractivity contribution in [1.29, 1.82) is 0 Å². The van der Waals surface area contributed by atoms with E-state index in [-0.39, 0.29) is 5.41 Å². The first kappa shape index (κ1) is 15.5. The van der Waals surface area contributed by atoms with Crippen LogP contribution < -0.4 is 5.32 Å². The van der Waals surface area contributed by atoms with Crippen molar-refractivity contribution in [3.63, 3.8) is 0 Å². The Kier molecular flexibility index (Phi) is 4.86. The molecule has 1 aromatic rings. The molecular weight excluding hydrogens is 274 g/mol. The van der Waals surface area contributed by atoms with Crippen LogP contribution in [0.1, 0.15) is 50.4 Å². The van der Waals surface area contributed by atoms with Crippen molar-refractivity contribution < 1.29 is 4.74 Å². The lowest BCUT2D eigenvalue weighted by molar-refractivity contribution is 0.157. The van der Waals surface area contributed by atoms with Crippen molar-refractivity contribution in [2.45, 2.75) is 46.0 Å². The molecule has 0 aromatic carbocycles. The first-order valence-corrected chi connectivity index (χ1v) is 7.57. The second-order valence-corrected chi connectivity index (χ2v) is 6.74. The lowest BCUT2D eigenvalue weighted by Gasteiger charge is -2.25. The molecule has 1 aromatic heterocycles. The Labute approximate surface area is 126 Å². The summed E-state index contributed by atoms with van der Waals surface area (Å²) in [5.41, 5.74) is 1.08. The van der Waals surface area contributed by atoms with E-state index in [0.29, 0.717) is 11.1 Å². The number of methoxy groups -OCH3 is 1. The fourth-order valence-electron chi connectivity index (χ4n) is 1.99. The van der Waals surface area contributed by atoms with E-state index >= 15 is 0 Å². The summed E-state index contributed by atoms with van der Waals surface area (Å²) in [6.45, 7) is 8.02. The third kappa shape index (κ3) is 4.06. The summed E-state index contributed by atoms with van der Waals surface area (Å²) in [7, 11) is 1.74. The van der Waals surface area contributed by atoms with Crippen LogP contribution >= 0.6 is 11.6 Å². The van der Waals surface area contributed by atoms with Crippen molar-refractivity contribution in [3.05, 3.63) is 16.5 Å². The lowest BCUT2D eigenvalue weighted by atomic mass is 9.90. The van der Waals surface area contributed by atoms with Crippen LogP contribution in [0.15, 0.2) is 0 Å². The zero-order valence-electron chi connectivity index (χ0n) is 12.8. The van der Waals surface area contributed by atoms with Gasteiger partial charge >= 0.3 is 0 Å². The van der Waals surface area contributed by atoms with Crippen molar-refractivity contribution in [3.8, 4) is 0 Å². The highest BCUT2D eigenvalue weighted by molar-refractivity contribution is 6.30. The molecule has 0 radical (unpaired) electrons. The van der Waals surface area contributed by atoms with Crippen LogP contribution in [0.5, 0.6) is 0 Å². The fourth-order valence-corrected chi connectivity index (χ4v) is 2.17. The van der Waals surface area contributed by atoms with Crippen LogP contribution in [-0.2, 0) is 4.74 Å². The number of hydrogen-bond acceptors (Lipinski definition) is 4. The molecule has 1 fully saturated rings.